The lowest BCUT2D eigenvalue weighted by Crippen LogP contribution is -2.27. The summed E-state index contributed by atoms with van der Waals surface area (Å²) in [6.07, 6.45) is 0.0336. The van der Waals surface area contributed by atoms with Gasteiger partial charge in [0.05, 0.1) is 12.7 Å². The fraction of sp³-hybridized carbons (Fsp3) is 0.778. The molecule has 0 radical (unpaired) electrons. The van der Waals surface area contributed by atoms with Crippen molar-refractivity contribution in [3.63, 3.8) is 0 Å². The van der Waals surface area contributed by atoms with Crippen molar-refractivity contribution in [2.24, 2.45) is 0 Å². The highest BCUT2D eigenvalue weighted by Gasteiger charge is 2.29. The number of rotatable bonds is 4. The standard InChI is InChI=1S/C9H14O5/c1-6(10)13-5-4-7(11)8-2-3-9(12)14-8/h7-8,11H,2-5H2,1H3/t7-,8+/m1/s1. The van der Waals surface area contributed by atoms with Crippen LogP contribution in [0.2, 0.25) is 0 Å². The van der Waals surface area contributed by atoms with Gasteiger partial charge in [0.25, 0.3) is 0 Å². The topological polar surface area (TPSA) is 72.8 Å². The first-order chi connectivity index (χ1) is 6.59. The van der Waals surface area contributed by atoms with E-state index < -0.39 is 12.2 Å². The Morgan fingerprint density at radius 2 is 2.50 bits per heavy atom. The Morgan fingerprint density at radius 1 is 1.79 bits per heavy atom. The molecule has 0 amide bonds. The Morgan fingerprint density at radius 3 is 3.00 bits per heavy atom. The van der Waals surface area contributed by atoms with E-state index in [4.69, 9.17) is 4.74 Å². The first kappa shape index (κ1) is 11.0. The molecule has 5 heteroatoms. The molecule has 0 saturated carbocycles. The molecular formula is C9H14O5. The van der Waals surface area contributed by atoms with Crippen molar-refractivity contribution in [1.82, 2.24) is 0 Å². The Kier molecular flexibility index (Phi) is 3.88. The number of hydrogen-bond donors (Lipinski definition) is 1. The van der Waals surface area contributed by atoms with Gasteiger partial charge in [0, 0.05) is 19.8 Å². The first-order valence-electron chi connectivity index (χ1n) is 4.60. The normalized spacial score (nSPS) is 23.0. The molecule has 1 heterocycles. The number of carbonyl (C=O) groups excluding carboxylic acids is 2. The van der Waals surface area contributed by atoms with E-state index in [-0.39, 0.29) is 18.5 Å². The highest BCUT2D eigenvalue weighted by atomic mass is 16.6. The van der Waals surface area contributed by atoms with Crippen LogP contribution in [0.5, 0.6) is 0 Å². The fourth-order valence-electron chi connectivity index (χ4n) is 1.33. The van der Waals surface area contributed by atoms with E-state index >= 15 is 0 Å². The molecule has 0 aromatic carbocycles. The summed E-state index contributed by atoms with van der Waals surface area (Å²) in [5.74, 6) is -0.651. The average molecular weight is 202 g/mol. The van der Waals surface area contributed by atoms with Crippen LogP contribution < -0.4 is 0 Å². The summed E-state index contributed by atoms with van der Waals surface area (Å²) >= 11 is 0. The highest BCUT2D eigenvalue weighted by molar-refractivity contribution is 5.71. The van der Waals surface area contributed by atoms with Crippen LogP contribution in [0.1, 0.15) is 26.2 Å². The molecule has 1 saturated heterocycles. The van der Waals surface area contributed by atoms with E-state index in [1.807, 2.05) is 0 Å². The molecule has 0 bridgehead atoms. The van der Waals surface area contributed by atoms with Gasteiger partial charge in [0.2, 0.25) is 0 Å². The number of aliphatic hydroxyl groups excluding tert-OH is 1. The molecule has 14 heavy (non-hydrogen) atoms. The van der Waals surface area contributed by atoms with Crippen LogP contribution in [-0.2, 0) is 19.1 Å². The van der Waals surface area contributed by atoms with Crippen LogP contribution in [0.4, 0.5) is 0 Å². The zero-order valence-corrected chi connectivity index (χ0v) is 8.06. The summed E-state index contributed by atoms with van der Waals surface area (Å²) in [5.41, 5.74) is 0. The monoisotopic (exact) mass is 202 g/mol. The maximum atomic E-state index is 10.7. The van der Waals surface area contributed by atoms with E-state index in [9.17, 15) is 14.7 Å². The average Bonchev–Trinajstić information content (AvgIpc) is 2.51. The highest BCUT2D eigenvalue weighted by Crippen LogP contribution is 2.18. The van der Waals surface area contributed by atoms with E-state index in [1.165, 1.54) is 6.92 Å². The summed E-state index contributed by atoms with van der Waals surface area (Å²) in [4.78, 5) is 21.1. The van der Waals surface area contributed by atoms with E-state index in [0.717, 1.165) is 0 Å². The molecule has 2 atom stereocenters. The lowest BCUT2D eigenvalue weighted by Gasteiger charge is -2.16. The van der Waals surface area contributed by atoms with Crippen molar-refractivity contribution < 1.29 is 24.2 Å². The van der Waals surface area contributed by atoms with E-state index in [0.29, 0.717) is 19.3 Å². The lowest BCUT2D eigenvalue weighted by atomic mass is 10.1. The number of esters is 2. The summed E-state index contributed by atoms with van der Waals surface area (Å²) < 4.78 is 9.51. The van der Waals surface area contributed by atoms with Gasteiger partial charge in [-0.15, -0.1) is 0 Å². The summed E-state index contributed by atoms with van der Waals surface area (Å²) in [5, 5.41) is 9.51. The second-order valence-electron chi connectivity index (χ2n) is 3.26. The third-order valence-corrected chi connectivity index (χ3v) is 2.06. The zero-order chi connectivity index (χ0) is 10.6. The smallest absolute Gasteiger partial charge is 0.306 e. The summed E-state index contributed by atoms with van der Waals surface area (Å²) in [7, 11) is 0. The molecule has 80 valence electrons. The van der Waals surface area contributed by atoms with Crippen molar-refractivity contribution in [3.8, 4) is 0 Å². The van der Waals surface area contributed by atoms with Gasteiger partial charge in [-0.3, -0.25) is 9.59 Å². The molecule has 0 unspecified atom stereocenters. The molecule has 1 fully saturated rings. The number of hydrogen-bond acceptors (Lipinski definition) is 5. The van der Waals surface area contributed by atoms with Gasteiger partial charge in [-0.05, 0) is 6.42 Å². The summed E-state index contributed by atoms with van der Waals surface area (Å²) in [6.45, 7) is 1.46. The van der Waals surface area contributed by atoms with Gasteiger partial charge < -0.3 is 14.6 Å². The van der Waals surface area contributed by atoms with Crippen LogP contribution in [0.3, 0.4) is 0 Å². The second-order valence-corrected chi connectivity index (χ2v) is 3.26. The molecule has 1 aliphatic heterocycles. The minimum absolute atomic E-state index is 0.157. The van der Waals surface area contributed by atoms with E-state index in [2.05, 4.69) is 4.74 Å². The fourth-order valence-corrected chi connectivity index (χ4v) is 1.33. The Balaban J connectivity index is 2.18. The maximum Gasteiger partial charge on any atom is 0.306 e. The molecule has 5 nitrogen and oxygen atoms in total. The third-order valence-electron chi connectivity index (χ3n) is 2.06. The van der Waals surface area contributed by atoms with Crippen LogP contribution in [0.15, 0.2) is 0 Å². The van der Waals surface area contributed by atoms with Gasteiger partial charge in [-0.25, -0.2) is 0 Å². The van der Waals surface area contributed by atoms with Crippen LogP contribution >= 0.6 is 0 Å². The Bertz CT molecular complexity index is 225. The third kappa shape index (κ3) is 3.33. The van der Waals surface area contributed by atoms with Crippen LogP contribution in [0.25, 0.3) is 0 Å². The largest absolute Gasteiger partial charge is 0.466 e. The number of ether oxygens (including phenoxy) is 2. The molecule has 0 spiro atoms. The number of carbonyl (C=O) groups is 2. The molecule has 1 aliphatic rings. The van der Waals surface area contributed by atoms with E-state index in [1.54, 1.807) is 0 Å². The Labute approximate surface area is 82.0 Å². The van der Waals surface area contributed by atoms with Gasteiger partial charge in [-0.1, -0.05) is 0 Å². The predicted molar refractivity (Wildman–Crippen MR) is 46.4 cm³/mol. The van der Waals surface area contributed by atoms with Crippen molar-refractivity contribution >= 4 is 11.9 Å². The zero-order valence-electron chi connectivity index (χ0n) is 8.06. The summed E-state index contributed by atoms with van der Waals surface area (Å²) in [6, 6.07) is 0. The van der Waals surface area contributed by atoms with Gasteiger partial charge >= 0.3 is 11.9 Å². The van der Waals surface area contributed by atoms with Gasteiger partial charge in [0.1, 0.15) is 6.10 Å². The number of cyclic esters (lactones) is 1. The number of aliphatic hydroxyl groups is 1. The Hall–Kier alpha value is -1.10. The molecule has 0 aliphatic carbocycles. The SMILES string of the molecule is CC(=O)OCC[C@@H](O)[C@@H]1CCC(=O)O1. The van der Waals surface area contributed by atoms with Gasteiger partial charge in [-0.2, -0.15) is 0 Å². The van der Waals surface area contributed by atoms with Crippen LogP contribution in [-0.4, -0.2) is 35.9 Å². The molecule has 1 N–H and O–H groups in total. The van der Waals surface area contributed by atoms with Crippen molar-refractivity contribution in [3.05, 3.63) is 0 Å². The second kappa shape index (κ2) is 4.95. The van der Waals surface area contributed by atoms with Crippen molar-refractivity contribution in [2.75, 3.05) is 6.61 Å². The predicted octanol–water partition coefficient (Wildman–Crippen LogP) is 0.00610. The van der Waals surface area contributed by atoms with Crippen molar-refractivity contribution in [1.29, 1.82) is 0 Å². The molecular weight excluding hydrogens is 188 g/mol. The van der Waals surface area contributed by atoms with Gasteiger partial charge in [0.15, 0.2) is 0 Å². The molecule has 0 aromatic rings. The lowest BCUT2D eigenvalue weighted by molar-refractivity contribution is -0.148. The van der Waals surface area contributed by atoms with Crippen LogP contribution in [0, 0.1) is 0 Å². The maximum absolute atomic E-state index is 10.7. The first-order valence-corrected chi connectivity index (χ1v) is 4.60. The molecule has 1 rings (SSSR count). The molecule has 0 aromatic heterocycles. The van der Waals surface area contributed by atoms with Crippen molar-refractivity contribution in [2.45, 2.75) is 38.4 Å². The minimum atomic E-state index is -0.735. The minimum Gasteiger partial charge on any atom is -0.466 e. The quantitative estimate of drug-likeness (QED) is 0.650.